The van der Waals surface area contributed by atoms with Crippen molar-refractivity contribution in [3.05, 3.63) is 89.4 Å². The number of anilines is 1. The SMILES string of the molecule is CCNC(=O)C(C)N(CCc1ccccc1)C(=O)CN(c1ccc(Cl)cc1)S(=O)(=O)c1ccc(OC)cc1. The largest absolute Gasteiger partial charge is 0.497 e. The van der Waals surface area contributed by atoms with Crippen molar-refractivity contribution < 1.29 is 22.7 Å². The first-order chi connectivity index (χ1) is 18.2. The van der Waals surface area contributed by atoms with E-state index in [0.29, 0.717) is 23.7 Å². The maximum Gasteiger partial charge on any atom is 0.264 e. The maximum atomic E-state index is 13.8. The first-order valence-electron chi connectivity index (χ1n) is 12.2. The predicted octanol–water partition coefficient (Wildman–Crippen LogP) is 4.14. The van der Waals surface area contributed by atoms with Gasteiger partial charge in [0.1, 0.15) is 18.3 Å². The maximum absolute atomic E-state index is 13.8. The molecule has 10 heteroatoms. The zero-order valence-corrected chi connectivity index (χ0v) is 23.2. The van der Waals surface area contributed by atoms with E-state index in [0.717, 1.165) is 9.87 Å². The average Bonchev–Trinajstić information content (AvgIpc) is 2.93. The summed E-state index contributed by atoms with van der Waals surface area (Å²) in [6.07, 6.45) is 0.502. The van der Waals surface area contributed by atoms with E-state index >= 15 is 0 Å². The van der Waals surface area contributed by atoms with Crippen molar-refractivity contribution in [2.75, 3.05) is 31.0 Å². The van der Waals surface area contributed by atoms with Crippen LogP contribution in [0.2, 0.25) is 5.02 Å². The number of methoxy groups -OCH3 is 1. The van der Waals surface area contributed by atoms with Gasteiger partial charge in [0.25, 0.3) is 10.0 Å². The third-order valence-electron chi connectivity index (χ3n) is 6.04. The highest BCUT2D eigenvalue weighted by Gasteiger charge is 2.32. The molecule has 0 bridgehead atoms. The molecule has 0 heterocycles. The molecule has 3 aromatic rings. The van der Waals surface area contributed by atoms with Gasteiger partial charge in [0, 0.05) is 18.1 Å². The lowest BCUT2D eigenvalue weighted by molar-refractivity contribution is -0.138. The summed E-state index contributed by atoms with van der Waals surface area (Å²) in [5.41, 5.74) is 1.26. The second kappa shape index (κ2) is 13.3. The Kier molecular flexibility index (Phi) is 10.2. The van der Waals surface area contributed by atoms with Crippen LogP contribution in [0.5, 0.6) is 5.75 Å². The Morgan fingerprint density at radius 2 is 1.61 bits per heavy atom. The lowest BCUT2D eigenvalue weighted by atomic mass is 10.1. The molecule has 0 aromatic heterocycles. The van der Waals surface area contributed by atoms with Crippen LogP contribution in [0.25, 0.3) is 0 Å². The molecule has 3 rings (SSSR count). The van der Waals surface area contributed by atoms with Gasteiger partial charge in [-0.2, -0.15) is 0 Å². The van der Waals surface area contributed by atoms with Crippen LogP contribution >= 0.6 is 11.6 Å². The first-order valence-corrected chi connectivity index (χ1v) is 14.0. The van der Waals surface area contributed by atoms with Gasteiger partial charge in [0.15, 0.2) is 0 Å². The quantitative estimate of drug-likeness (QED) is 0.361. The molecule has 0 spiro atoms. The number of nitrogens with one attached hydrogen (secondary N) is 1. The standard InChI is InChI=1S/C28H32ClN3O5S/c1-4-30-28(34)21(2)31(19-18-22-8-6-5-7-9-22)27(33)20-32(24-12-10-23(29)11-13-24)38(35,36)26-16-14-25(37-3)15-17-26/h5-17,21H,4,18-20H2,1-3H3,(H,30,34). The Morgan fingerprint density at radius 3 is 2.18 bits per heavy atom. The number of halogens is 1. The summed E-state index contributed by atoms with van der Waals surface area (Å²) in [5.74, 6) is -0.322. The predicted molar refractivity (Wildman–Crippen MR) is 149 cm³/mol. The van der Waals surface area contributed by atoms with E-state index in [1.54, 1.807) is 26.0 Å². The molecule has 202 valence electrons. The first kappa shape index (κ1) is 29.0. The number of hydrogen-bond donors (Lipinski definition) is 1. The van der Waals surface area contributed by atoms with E-state index in [1.807, 2.05) is 30.3 Å². The molecule has 0 fully saturated rings. The average molecular weight is 558 g/mol. The van der Waals surface area contributed by atoms with Gasteiger partial charge in [0.2, 0.25) is 11.8 Å². The number of sulfonamides is 1. The number of rotatable bonds is 12. The Balaban J connectivity index is 1.96. The van der Waals surface area contributed by atoms with Gasteiger partial charge in [-0.15, -0.1) is 0 Å². The van der Waals surface area contributed by atoms with Crippen molar-refractivity contribution in [1.29, 1.82) is 0 Å². The van der Waals surface area contributed by atoms with Crippen molar-refractivity contribution in [2.24, 2.45) is 0 Å². The van der Waals surface area contributed by atoms with E-state index < -0.39 is 28.5 Å². The smallest absolute Gasteiger partial charge is 0.264 e. The summed E-state index contributed by atoms with van der Waals surface area (Å²) in [7, 11) is -2.67. The third kappa shape index (κ3) is 7.26. The van der Waals surface area contributed by atoms with Crippen molar-refractivity contribution in [3.8, 4) is 5.75 Å². The fraction of sp³-hybridized carbons (Fsp3) is 0.286. The normalized spacial score (nSPS) is 11.9. The third-order valence-corrected chi connectivity index (χ3v) is 8.08. The molecular formula is C28H32ClN3O5S. The fourth-order valence-corrected chi connectivity index (χ4v) is 5.44. The molecular weight excluding hydrogens is 526 g/mol. The molecule has 1 N–H and O–H groups in total. The van der Waals surface area contributed by atoms with Crippen molar-refractivity contribution >= 4 is 39.1 Å². The van der Waals surface area contributed by atoms with Crippen molar-refractivity contribution in [3.63, 3.8) is 0 Å². The van der Waals surface area contributed by atoms with E-state index in [4.69, 9.17) is 16.3 Å². The van der Waals surface area contributed by atoms with Crippen molar-refractivity contribution in [1.82, 2.24) is 10.2 Å². The van der Waals surface area contributed by atoms with Crippen LogP contribution in [0.4, 0.5) is 5.69 Å². The zero-order chi connectivity index (χ0) is 27.7. The van der Waals surface area contributed by atoms with E-state index in [9.17, 15) is 18.0 Å². The molecule has 8 nitrogen and oxygen atoms in total. The van der Waals surface area contributed by atoms with Gasteiger partial charge in [0.05, 0.1) is 17.7 Å². The highest BCUT2D eigenvalue weighted by atomic mass is 35.5. The number of likely N-dealkylation sites (N-methyl/N-ethyl adjacent to an activating group) is 1. The van der Waals surface area contributed by atoms with Gasteiger partial charge in [-0.3, -0.25) is 13.9 Å². The van der Waals surface area contributed by atoms with Crippen LogP contribution < -0.4 is 14.4 Å². The molecule has 3 aromatic carbocycles. The van der Waals surface area contributed by atoms with Crippen LogP contribution in [0.15, 0.2) is 83.8 Å². The number of hydrogen-bond acceptors (Lipinski definition) is 5. The van der Waals surface area contributed by atoms with Crippen molar-refractivity contribution in [2.45, 2.75) is 31.2 Å². The van der Waals surface area contributed by atoms with Crippen LogP contribution in [0, 0.1) is 0 Å². The number of amides is 2. The summed E-state index contributed by atoms with van der Waals surface area (Å²) in [6.45, 7) is 3.57. The minimum Gasteiger partial charge on any atom is -0.497 e. The Labute approximate surface area is 229 Å². The number of ether oxygens (including phenoxy) is 1. The van der Waals surface area contributed by atoms with Gasteiger partial charge >= 0.3 is 0 Å². The van der Waals surface area contributed by atoms with E-state index in [1.165, 1.54) is 48.4 Å². The van der Waals surface area contributed by atoms with Gasteiger partial charge < -0.3 is 15.0 Å². The monoisotopic (exact) mass is 557 g/mol. The molecule has 0 saturated carbocycles. The Bertz CT molecular complexity index is 1320. The van der Waals surface area contributed by atoms with Crippen LogP contribution in [-0.2, 0) is 26.0 Å². The van der Waals surface area contributed by atoms with Crippen LogP contribution in [0.1, 0.15) is 19.4 Å². The molecule has 2 amide bonds. The fourth-order valence-electron chi connectivity index (χ4n) is 3.90. The van der Waals surface area contributed by atoms with Crippen LogP contribution in [0.3, 0.4) is 0 Å². The molecule has 1 atom stereocenters. The highest BCUT2D eigenvalue weighted by molar-refractivity contribution is 7.92. The minimum atomic E-state index is -4.16. The lowest BCUT2D eigenvalue weighted by Crippen LogP contribution is -2.52. The summed E-state index contributed by atoms with van der Waals surface area (Å²) in [6, 6.07) is 20.9. The van der Waals surface area contributed by atoms with Gasteiger partial charge in [-0.05, 0) is 74.4 Å². The second-order valence-electron chi connectivity index (χ2n) is 8.56. The number of carbonyl (C=O) groups excluding carboxylic acids is 2. The highest BCUT2D eigenvalue weighted by Crippen LogP contribution is 2.27. The van der Waals surface area contributed by atoms with E-state index in [2.05, 4.69) is 5.32 Å². The molecule has 0 aliphatic rings. The Hall–Kier alpha value is -3.56. The molecule has 0 saturated heterocycles. The van der Waals surface area contributed by atoms with Gasteiger partial charge in [-0.1, -0.05) is 41.9 Å². The molecule has 38 heavy (non-hydrogen) atoms. The topological polar surface area (TPSA) is 96.0 Å². The van der Waals surface area contributed by atoms with E-state index in [-0.39, 0.29) is 23.0 Å². The number of nitrogens with zero attached hydrogens (tertiary/aromatic N) is 2. The zero-order valence-electron chi connectivity index (χ0n) is 21.6. The summed E-state index contributed by atoms with van der Waals surface area (Å²) in [4.78, 5) is 27.9. The molecule has 0 aliphatic heterocycles. The van der Waals surface area contributed by atoms with Crippen LogP contribution in [-0.4, -0.2) is 57.9 Å². The van der Waals surface area contributed by atoms with Gasteiger partial charge in [-0.25, -0.2) is 8.42 Å². The summed E-state index contributed by atoms with van der Waals surface area (Å²) in [5, 5.41) is 3.17. The summed E-state index contributed by atoms with van der Waals surface area (Å²) < 4.78 is 33.7. The minimum absolute atomic E-state index is 0.00587. The molecule has 0 aliphatic carbocycles. The molecule has 0 radical (unpaired) electrons. The second-order valence-corrected chi connectivity index (χ2v) is 10.9. The Morgan fingerprint density at radius 1 is 0.974 bits per heavy atom. The lowest BCUT2D eigenvalue weighted by Gasteiger charge is -2.32. The summed E-state index contributed by atoms with van der Waals surface area (Å²) >= 11 is 6.04. The molecule has 1 unspecified atom stereocenters. The number of carbonyl (C=O) groups is 2. The number of benzene rings is 3.